The van der Waals surface area contributed by atoms with Crippen LogP contribution in [-0.2, 0) is 4.79 Å². The molecule has 150 valence electrons. The van der Waals surface area contributed by atoms with E-state index in [1.165, 1.54) is 16.8 Å². The van der Waals surface area contributed by atoms with E-state index in [2.05, 4.69) is 47.2 Å². The molecule has 1 aliphatic rings. The van der Waals surface area contributed by atoms with Crippen LogP contribution in [0.2, 0.25) is 0 Å². The monoisotopic (exact) mass is 383 g/mol. The van der Waals surface area contributed by atoms with Gasteiger partial charge in [-0.3, -0.25) is 9.69 Å². The van der Waals surface area contributed by atoms with E-state index in [-0.39, 0.29) is 5.91 Å². The number of rotatable bonds is 6. The van der Waals surface area contributed by atoms with Gasteiger partial charge < -0.3 is 19.7 Å². The number of aryl methyl sites for hydroxylation is 1. The lowest BCUT2D eigenvalue weighted by molar-refractivity contribution is -0.117. The number of benzene rings is 2. The third kappa shape index (κ3) is 4.57. The van der Waals surface area contributed by atoms with Gasteiger partial charge in [-0.1, -0.05) is 12.1 Å². The van der Waals surface area contributed by atoms with Crippen molar-refractivity contribution in [2.75, 3.05) is 57.2 Å². The summed E-state index contributed by atoms with van der Waals surface area (Å²) in [4.78, 5) is 17.0. The summed E-state index contributed by atoms with van der Waals surface area (Å²) in [5, 5.41) is 2.94. The van der Waals surface area contributed by atoms with Gasteiger partial charge in [-0.15, -0.1) is 0 Å². The van der Waals surface area contributed by atoms with E-state index in [9.17, 15) is 4.79 Å². The number of nitrogens with one attached hydrogen (secondary N) is 1. The average molecular weight is 383 g/mol. The Labute approximate surface area is 167 Å². The van der Waals surface area contributed by atoms with E-state index in [1.807, 2.05) is 6.07 Å². The van der Waals surface area contributed by atoms with Crippen LogP contribution in [-0.4, -0.2) is 57.8 Å². The van der Waals surface area contributed by atoms with Crippen molar-refractivity contribution in [3.05, 3.63) is 47.5 Å². The topological polar surface area (TPSA) is 54.0 Å². The van der Waals surface area contributed by atoms with Crippen molar-refractivity contribution < 1.29 is 14.3 Å². The number of piperazine rings is 1. The maximum absolute atomic E-state index is 12.4. The van der Waals surface area contributed by atoms with Crippen LogP contribution in [0.25, 0.3) is 0 Å². The molecule has 2 aromatic rings. The van der Waals surface area contributed by atoms with E-state index in [1.54, 1.807) is 26.4 Å². The van der Waals surface area contributed by atoms with E-state index in [4.69, 9.17) is 9.47 Å². The van der Waals surface area contributed by atoms with Crippen LogP contribution in [0.3, 0.4) is 0 Å². The number of methoxy groups -OCH3 is 2. The first-order valence-electron chi connectivity index (χ1n) is 9.57. The van der Waals surface area contributed by atoms with Gasteiger partial charge in [0.2, 0.25) is 5.91 Å². The second kappa shape index (κ2) is 8.97. The largest absolute Gasteiger partial charge is 0.493 e. The first-order valence-corrected chi connectivity index (χ1v) is 9.57. The van der Waals surface area contributed by atoms with Gasteiger partial charge in [0.15, 0.2) is 11.5 Å². The molecule has 1 aliphatic heterocycles. The fourth-order valence-electron chi connectivity index (χ4n) is 3.54. The molecule has 0 aromatic heterocycles. The minimum atomic E-state index is -0.0209. The second-order valence-electron chi connectivity index (χ2n) is 7.10. The molecular formula is C22H29N3O3. The zero-order valence-corrected chi connectivity index (χ0v) is 17.1. The van der Waals surface area contributed by atoms with Gasteiger partial charge in [0.1, 0.15) is 0 Å². The highest BCUT2D eigenvalue weighted by Gasteiger charge is 2.20. The molecule has 1 saturated heterocycles. The van der Waals surface area contributed by atoms with Gasteiger partial charge >= 0.3 is 0 Å². The van der Waals surface area contributed by atoms with Gasteiger partial charge in [-0.05, 0) is 43.2 Å². The van der Waals surface area contributed by atoms with Gasteiger partial charge in [0, 0.05) is 43.6 Å². The Hall–Kier alpha value is -2.73. The number of carbonyl (C=O) groups is 1. The quantitative estimate of drug-likeness (QED) is 0.831. The first-order chi connectivity index (χ1) is 13.5. The lowest BCUT2D eigenvalue weighted by Crippen LogP contribution is -2.48. The molecular weight excluding hydrogens is 354 g/mol. The zero-order chi connectivity index (χ0) is 20.1. The SMILES string of the molecule is COc1ccc(NC(=O)CN2CCN(c3cccc(C)c3C)CC2)cc1OC. The van der Waals surface area contributed by atoms with Crippen molar-refractivity contribution in [2.45, 2.75) is 13.8 Å². The van der Waals surface area contributed by atoms with E-state index in [0.29, 0.717) is 23.7 Å². The standard InChI is InChI=1S/C22H29N3O3/c1-16-6-5-7-19(17(16)2)25-12-10-24(11-13-25)15-22(26)23-18-8-9-20(27-3)21(14-18)28-4/h5-9,14H,10-13,15H2,1-4H3,(H,23,26). The van der Waals surface area contributed by atoms with Crippen molar-refractivity contribution in [1.29, 1.82) is 0 Å². The van der Waals surface area contributed by atoms with Crippen LogP contribution in [0.15, 0.2) is 36.4 Å². The molecule has 1 fully saturated rings. The number of hydrogen-bond donors (Lipinski definition) is 1. The van der Waals surface area contributed by atoms with E-state index >= 15 is 0 Å². The van der Waals surface area contributed by atoms with Crippen LogP contribution < -0.4 is 19.7 Å². The highest BCUT2D eigenvalue weighted by Crippen LogP contribution is 2.29. The molecule has 6 heteroatoms. The second-order valence-corrected chi connectivity index (χ2v) is 7.10. The summed E-state index contributed by atoms with van der Waals surface area (Å²) < 4.78 is 10.5. The number of amides is 1. The molecule has 1 N–H and O–H groups in total. The minimum absolute atomic E-state index is 0.0209. The van der Waals surface area contributed by atoms with Crippen molar-refractivity contribution in [3.63, 3.8) is 0 Å². The highest BCUT2D eigenvalue weighted by molar-refractivity contribution is 5.92. The third-order valence-electron chi connectivity index (χ3n) is 5.32. The number of carbonyl (C=O) groups excluding carboxylic acids is 1. The van der Waals surface area contributed by atoms with E-state index in [0.717, 1.165) is 26.2 Å². The van der Waals surface area contributed by atoms with Crippen LogP contribution >= 0.6 is 0 Å². The number of nitrogens with zero attached hydrogens (tertiary/aromatic N) is 2. The lowest BCUT2D eigenvalue weighted by atomic mass is 10.1. The van der Waals surface area contributed by atoms with Crippen LogP contribution in [0, 0.1) is 13.8 Å². The zero-order valence-electron chi connectivity index (χ0n) is 17.1. The summed E-state index contributed by atoms with van der Waals surface area (Å²) in [5.74, 6) is 1.22. The smallest absolute Gasteiger partial charge is 0.238 e. The normalized spacial score (nSPS) is 14.6. The first kappa shape index (κ1) is 20.0. The van der Waals surface area contributed by atoms with Crippen LogP contribution in [0.1, 0.15) is 11.1 Å². The Morgan fingerprint density at radius 1 is 1.00 bits per heavy atom. The number of ether oxygens (including phenoxy) is 2. The van der Waals surface area contributed by atoms with Crippen molar-refractivity contribution >= 4 is 17.3 Å². The predicted molar refractivity (Wildman–Crippen MR) is 113 cm³/mol. The molecule has 6 nitrogen and oxygen atoms in total. The number of hydrogen-bond acceptors (Lipinski definition) is 5. The summed E-state index contributed by atoms with van der Waals surface area (Å²) in [6.07, 6.45) is 0. The molecule has 1 amide bonds. The number of anilines is 2. The van der Waals surface area contributed by atoms with Gasteiger partial charge in [-0.2, -0.15) is 0 Å². The summed E-state index contributed by atoms with van der Waals surface area (Å²) in [6.45, 7) is 8.29. The Balaban J connectivity index is 1.53. The van der Waals surface area contributed by atoms with Crippen molar-refractivity contribution in [3.8, 4) is 11.5 Å². The van der Waals surface area contributed by atoms with Crippen LogP contribution in [0.4, 0.5) is 11.4 Å². The Morgan fingerprint density at radius 2 is 1.71 bits per heavy atom. The fraction of sp³-hybridized carbons (Fsp3) is 0.409. The summed E-state index contributed by atoms with van der Waals surface area (Å²) in [5.41, 5.74) is 4.66. The Morgan fingerprint density at radius 3 is 2.39 bits per heavy atom. The van der Waals surface area contributed by atoms with Gasteiger partial charge in [0.05, 0.1) is 20.8 Å². The molecule has 0 spiro atoms. The van der Waals surface area contributed by atoms with Crippen LogP contribution in [0.5, 0.6) is 11.5 Å². The Kier molecular flexibility index (Phi) is 6.41. The maximum atomic E-state index is 12.4. The fourth-order valence-corrected chi connectivity index (χ4v) is 3.54. The summed E-state index contributed by atoms with van der Waals surface area (Å²) >= 11 is 0. The molecule has 0 saturated carbocycles. The molecule has 3 rings (SSSR count). The van der Waals surface area contributed by atoms with Crippen molar-refractivity contribution in [1.82, 2.24) is 4.90 Å². The maximum Gasteiger partial charge on any atom is 0.238 e. The molecule has 0 radical (unpaired) electrons. The summed E-state index contributed by atoms with van der Waals surface area (Å²) in [6, 6.07) is 11.8. The van der Waals surface area contributed by atoms with E-state index < -0.39 is 0 Å². The molecule has 0 aliphatic carbocycles. The summed E-state index contributed by atoms with van der Waals surface area (Å²) in [7, 11) is 3.17. The molecule has 0 atom stereocenters. The molecule has 28 heavy (non-hydrogen) atoms. The molecule has 1 heterocycles. The third-order valence-corrected chi connectivity index (χ3v) is 5.32. The lowest BCUT2D eigenvalue weighted by Gasteiger charge is -2.36. The Bertz CT molecular complexity index is 830. The molecule has 0 unspecified atom stereocenters. The van der Waals surface area contributed by atoms with Crippen molar-refractivity contribution in [2.24, 2.45) is 0 Å². The molecule has 0 bridgehead atoms. The minimum Gasteiger partial charge on any atom is -0.493 e. The van der Waals surface area contributed by atoms with Gasteiger partial charge in [0.25, 0.3) is 0 Å². The average Bonchev–Trinajstić information content (AvgIpc) is 2.70. The highest BCUT2D eigenvalue weighted by atomic mass is 16.5. The predicted octanol–water partition coefficient (Wildman–Crippen LogP) is 3.08. The van der Waals surface area contributed by atoms with Gasteiger partial charge in [-0.25, -0.2) is 0 Å². The molecule has 2 aromatic carbocycles.